The lowest BCUT2D eigenvalue weighted by molar-refractivity contribution is -0.120. The van der Waals surface area contributed by atoms with Crippen LogP contribution >= 0.6 is 0 Å². The van der Waals surface area contributed by atoms with Crippen molar-refractivity contribution in [3.63, 3.8) is 0 Å². The van der Waals surface area contributed by atoms with E-state index in [1.54, 1.807) is 24.3 Å². The van der Waals surface area contributed by atoms with Crippen LogP contribution in [0.15, 0.2) is 48.5 Å². The third-order valence-corrected chi connectivity index (χ3v) is 4.50. The third kappa shape index (κ3) is 5.58. The van der Waals surface area contributed by atoms with Gasteiger partial charge in [0.15, 0.2) is 0 Å². The lowest BCUT2D eigenvalue weighted by Gasteiger charge is -2.33. The van der Waals surface area contributed by atoms with Gasteiger partial charge in [-0.2, -0.15) is 0 Å². The minimum absolute atomic E-state index is 0.156. The highest BCUT2D eigenvalue weighted by Crippen LogP contribution is 2.13. The van der Waals surface area contributed by atoms with E-state index in [2.05, 4.69) is 10.6 Å². The van der Waals surface area contributed by atoms with E-state index in [-0.39, 0.29) is 36.3 Å². The minimum Gasteiger partial charge on any atom is -0.322 e. The fourth-order valence-electron chi connectivity index (χ4n) is 3.02. The molecule has 1 fully saturated rings. The second-order valence-electron chi connectivity index (χ2n) is 6.61. The highest BCUT2D eigenvalue weighted by molar-refractivity contribution is 5.93. The van der Waals surface area contributed by atoms with Crippen LogP contribution in [0.1, 0.15) is 0 Å². The third-order valence-electron chi connectivity index (χ3n) is 4.50. The van der Waals surface area contributed by atoms with E-state index in [0.717, 1.165) is 0 Å². The quantitative estimate of drug-likeness (QED) is 0.796. The Morgan fingerprint density at radius 1 is 0.714 bits per heavy atom. The molecule has 2 aromatic rings. The van der Waals surface area contributed by atoms with E-state index in [4.69, 9.17) is 0 Å². The van der Waals surface area contributed by atoms with E-state index >= 15 is 0 Å². The number of carbonyl (C=O) groups is 2. The van der Waals surface area contributed by atoms with Gasteiger partial charge in [0, 0.05) is 26.2 Å². The van der Waals surface area contributed by atoms with Crippen LogP contribution in [0, 0.1) is 11.6 Å². The van der Waals surface area contributed by atoms with Crippen molar-refractivity contribution in [2.45, 2.75) is 0 Å². The van der Waals surface area contributed by atoms with Crippen molar-refractivity contribution in [3.8, 4) is 0 Å². The van der Waals surface area contributed by atoms with Gasteiger partial charge in [0.2, 0.25) is 11.8 Å². The number of halogens is 2. The molecular weight excluding hydrogens is 366 g/mol. The number of benzene rings is 2. The zero-order valence-electron chi connectivity index (χ0n) is 15.3. The van der Waals surface area contributed by atoms with E-state index in [1.807, 2.05) is 9.80 Å². The molecule has 0 spiro atoms. The number of rotatable bonds is 6. The Balaban J connectivity index is 1.40. The van der Waals surface area contributed by atoms with Crippen molar-refractivity contribution < 1.29 is 18.4 Å². The number of hydrogen-bond acceptors (Lipinski definition) is 4. The van der Waals surface area contributed by atoms with Crippen molar-refractivity contribution in [1.82, 2.24) is 9.80 Å². The molecule has 0 aromatic heterocycles. The largest absolute Gasteiger partial charge is 0.322 e. The SMILES string of the molecule is O=C(CN1CCN(CC(=O)Nc2ccccc2F)CC1)Nc1ccccc1F. The Bertz CT molecular complexity index is 769. The summed E-state index contributed by atoms with van der Waals surface area (Å²) in [7, 11) is 0. The first-order valence-corrected chi connectivity index (χ1v) is 9.05. The smallest absolute Gasteiger partial charge is 0.238 e. The summed E-state index contributed by atoms with van der Waals surface area (Å²) in [4.78, 5) is 28.1. The average molecular weight is 388 g/mol. The van der Waals surface area contributed by atoms with Gasteiger partial charge in [0.1, 0.15) is 11.6 Å². The molecule has 0 saturated carbocycles. The maximum absolute atomic E-state index is 13.6. The van der Waals surface area contributed by atoms with Crippen molar-refractivity contribution in [1.29, 1.82) is 0 Å². The molecule has 1 saturated heterocycles. The second-order valence-corrected chi connectivity index (χ2v) is 6.61. The van der Waals surface area contributed by atoms with Crippen molar-refractivity contribution >= 4 is 23.2 Å². The van der Waals surface area contributed by atoms with Crippen molar-refractivity contribution in [3.05, 3.63) is 60.2 Å². The van der Waals surface area contributed by atoms with Crippen LogP contribution in [0.25, 0.3) is 0 Å². The summed E-state index contributed by atoms with van der Waals surface area (Å²) < 4.78 is 27.2. The molecule has 0 aliphatic carbocycles. The molecule has 0 unspecified atom stereocenters. The lowest BCUT2D eigenvalue weighted by atomic mass is 10.2. The molecule has 2 amide bonds. The first-order valence-electron chi connectivity index (χ1n) is 9.05. The molecule has 2 N–H and O–H groups in total. The van der Waals surface area contributed by atoms with Gasteiger partial charge in [0.05, 0.1) is 24.5 Å². The molecule has 2 aromatic carbocycles. The van der Waals surface area contributed by atoms with E-state index in [9.17, 15) is 18.4 Å². The highest BCUT2D eigenvalue weighted by Gasteiger charge is 2.21. The van der Waals surface area contributed by atoms with Crippen LogP contribution < -0.4 is 10.6 Å². The van der Waals surface area contributed by atoms with Crippen LogP contribution in [0.4, 0.5) is 20.2 Å². The summed E-state index contributed by atoms with van der Waals surface area (Å²) in [6, 6.07) is 12.0. The fraction of sp³-hybridized carbons (Fsp3) is 0.300. The Kier molecular flexibility index (Phi) is 6.67. The van der Waals surface area contributed by atoms with Gasteiger partial charge in [-0.1, -0.05) is 24.3 Å². The van der Waals surface area contributed by atoms with Gasteiger partial charge < -0.3 is 10.6 Å². The first-order chi connectivity index (χ1) is 13.5. The van der Waals surface area contributed by atoms with Gasteiger partial charge in [-0.05, 0) is 24.3 Å². The van der Waals surface area contributed by atoms with Gasteiger partial charge >= 0.3 is 0 Å². The topological polar surface area (TPSA) is 64.7 Å². The van der Waals surface area contributed by atoms with E-state index < -0.39 is 11.6 Å². The predicted molar refractivity (Wildman–Crippen MR) is 103 cm³/mol. The van der Waals surface area contributed by atoms with E-state index in [0.29, 0.717) is 26.2 Å². The lowest BCUT2D eigenvalue weighted by Crippen LogP contribution is -2.50. The van der Waals surface area contributed by atoms with Gasteiger partial charge in [-0.15, -0.1) is 0 Å². The number of nitrogens with zero attached hydrogens (tertiary/aromatic N) is 2. The van der Waals surface area contributed by atoms with Crippen LogP contribution in [-0.4, -0.2) is 60.9 Å². The summed E-state index contributed by atoms with van der Waals surface area (Å²) in [5.41, 5.74) is 0.326. The van der Waals surface area contributed by atoms with Gasteiger partial charge in [0.25, 0.3) is 0 Å². The normalized spacial score (nSPS) is 15.2. The first kappa shape index (κ1) is 19.9. The maximum Gasteiger partial charge on any atom is 0.238 e. The van der Waals surface area contributed by atoms with Crippen molar-refractivity contribution in [2.24, 2.45) is 0 Å². The number of nitrogens with one attached hydrogen (secondary N) is 2. The number of anilines is 2. The second kappa shape index (κ2) is 9.38. The molecule has 1 heterocycles. The molecule has 0 radical (unpaired) electrons. The van der Waals surface area contributed by atoms with Crippen LogP contribution in [0.2, 0.25) is 0 Å². The van der Waals surface area contributed by atoms with Crippen molar-refractivity contribution in [2.75, 3.05) is 49.9 Å². The molecule has 0 atom stereocenters. The predicted octanol–water partition coefficient (Wildman–Crippen LogP) is 2.16. The molecule has 148 valence electrons. The average Bonchev–Trinajstić information content (AvgIpc) is 2.67. The van der Waals surface area contributed by atoms with E-state index in [1.165, 1.54) is 24.3 Å². The minimum atomic E-state index is -0.471. The number of carbonyl (C=O) groups excluding carboxylic acids is 2. The summed E-state index contributed by atoms with van der Waals surface area (Å²) >= 11 is 0. The van der Waals surface area contributed by atoms with Crippen LogP contribution in [-0.2, 0) is 9.59 Å². The Morgan fingerprint density at radius 3 is 1.43 bits per heavy atom. The highest BCUT2D eigenvalue weighted by atomic mass is 19.1. The zero-order valence-corrected chi connectivity index (χ0v) is 15.3. The van der Waals surface area contributed by atoms with Crippen LogP contribution in [0.3, 0.4) is 0 Å². The van der Waals surface area contributed by atoms with Gasteiger partial charge in [-0.25, -0.2) is 8.78 Å². The number of amides is 2. The number of hydrogen-bond donors (Lipinski definition) is 2. The molecule has 28 heavy (non-hydrogen) atoms. The molecular formula is C20H22F2N4O2. The zero-order chi connectivity index (χ0) is 19.9. The van der Waals surface area contributed by atoms with Crippen LogP contribution in [0.5, 0.6) is 0 Å². The molecule has 3 rings (SSSR count). The Morgan fingerprint density at radius 2 is 1.07 bits per heavy atom. The number of piperazine rings is 1. The van der Waals surface area contributed by atoms with Gasteiger partial charge in [-0.3, -0.25) is 19.4 Å². The summed E-state index contributed by atoms with van der Waals surface area (Å²) in [6.45, 7) is 2.75. The maximum atomic E-state index is 13.6. The Labute approximate surface area is 162 Å². The molecule has 8 heteroatoms. The molecule has 1 aliphatic heterocycles. The molecule has 6 nitrogen and oxygen atoms in total. The monoisotopic (exact) mass is 388 g/mol. The molecule has 1 aliphatic rings. The Hall–Kier alpha value is -2.84. The summed E-state index contributed by atoms with van der Waals surface area (Å²) in [5, 5.41) is 5.13. The standard InChI is InChI=1S/C20H22F2N4O2/c21-15-5-1-3-7-17(15)23-19(27)13-25-9-11-26(12-10-25)14-20(28)24-18-8-4-2-6-16(18)22/h1-8H,9-14H2,(H,23,27)(H,24,28). The number of para-hydroxylation sites is 2. The molecule has 0 bridgehead atoms. The summed E-state index contributed by atoms with van der Waals surface area (Å²) in [6.07, 6.45) is 0. The summed E-state index contributed by atoms with van der Waals surface area (Å²) in [5.74, 6) is -1.50. The fourth-order valence-corrected chi connectivity index (χ4v) is 3.02.